The molecule has 2 aromatic carbocycles. The highest BCUT2D eigenvalue weighted by Gasteiger charge is 2.16. The molecule has 1 heterocycles. The highest BCUT2D eigenvalue weighted by Crippen LogP contribution is 2.16. The predicted octanol–water partition coefficient (Wildman–Crippen LogP) is 2.33. The number of carbonyl (C=O) groups excluding carboxylic acids is 2. The molecule has 2 amide bonds. The fourth-order valence-corrected chi connectivity index (χ4v) is 2.64. The number of aromatic nitrogens is 3. The van der Waals surface area contributed by atoms with Crippen molar-refractivity contribution in [3.8, 4) is 0 Å². The van der Waals surface area contributed by atoms with Crippen LogP contribution in [0.15, 0.2) is 42.5 Å². The first-order valence-corrected chi connectivity index (χ1v) is 7.92. The molecule has 0 saturated heterocycles. The Balaban J connectivity index is 1.67. The normalized spacial score (nSPS) is 10.7. The lowest BCUT2D eigenvalue weighted by molar-refractivity contribution is -0.116. The summed E-state index contributed by atoms with van der Waals surface area (Å²) in [6.45, 7) is -0.0795. The van der Waals surface area contributed by atoms with Crippen LogP contribution in [-0.4, -0.2) is 45.3 Å². The lowest BCUT2D eigenvalue weighted by Gasteiger charge is -2.17. The molecule has 0 radical (unpaired) electrons. The number of anilines is 1. The van der Waals surface area contributed by atoms with Gasteiger partial charge in [0.2, 0.25) is 5.91 Å². The second-order valence-corrected chi connectivity index (χ2v) is 6.07. The second-order valence-electron chi connectivity index (χ2n) is 5.64. The molecule has 1 N–H and O–H groups in total. The lowest BCUT2D eigenvalue weighted by atomic mass is 10.1. The van der Waals surface area contributed by atoms with Gasteiger partial charge in [0.25, 0.3) is 5.91 Å². The molecule has 0 aliphatic rings. The fraction of sp³-hybridized carbons (Fsp3) is 0.176. The summed E-state index contributed by atoms with van der Waals surface area (Å²) in [4.78, 5) is 26.0. The molecule has 0 fully saturated rings. The highest BCUT2D eigenvalue weighted by atomic mass is 35.5. The summed E-state index contributed by atoms with van der Waals surface area (Å²) in [5, 5.41) is 11.1. The standard InChI is InChI=1S/C17H16ClN5O2/c1-22(10-16(24)19-13-5-3-4-12(18)9-13)17(25)11-6-7-15-14(8-11)20-21-23(15)2/h3-9H,10H2,1-2H3,(H,19,24). The molecule has 0 unspecified atom stereocenters. The number of carbonyl (C=O) groups is 2. The Morgan fingerprint density at radius 2 is 2.04 bits per heavy atom. The smallest absolute Gasteiger partial charge is 0.254 e. The van der Waals surface area contributed by atoms with Crippen LogP contribution in [0, 0.1) is 0 Å². The van der Waals surface area contributed by atoms with Crippen molar-refractivity contribution < 1.29 is 9.59 Å². The van der Waals surface area contributed by atoms with Gasteiger partial charge in [-0.2, -0.15) is 0 Å². The maximum Gasteiger partial charge on any atom is 0.254 e. The van der Waals surface area contributed by atoms with E-state index in [4.69, 9.17) is 11.6 Å². The van der Waals surface area contributed by atoms with Gasteiger partial charge in [-0.1, -0.05) is 22.9 Å². The van der Waals surface area contributed by atoms with Crippen LogP contribution in [0.3, 0.4) is 0 Å². The van der Waals surface area contributed by atoms with Crippen molar-refractivity contribution in [3.05, 3.63) is 53.1 Å². The van der Waals surface area contributed by atoms with E-state index in [0.717, 1.165) is 5.52 Å². The van der Waals surface area contributed by atoms with Crippen LogP contribution in [-0.2, 0) is 11.8 Å². The number of hydrogen-bond donors (Lipinski definition) is 1. The number of rotatable bonds is 4. The van der Waals surface area contributed by atoms with Gasteiger partial charge in [0.1, 0.15) is 5.52 Å². The first kappa shape index (κ1) is 16.9. The summed E-state index contributed by atoms with van der Waals surface area (Å²) in [7, 11) is 3.35. The zero-order valence-corrected chi connectivity index (χ0v) is 14.5. The largest absolute Gasteiger partial charge is 0.332 e. The van der Waals surface area contributed by atoms with Gasteiger partial charge in [-0.25, -0.2) is 4.68 Å². The van der Waals surface area contributed by atoms with Crippen molar-refractivity contribution in [2.75, 3.05) is 18.9 Å². The fourth-order valence-electron chi connectivity index (χ4n) is 2.45. The molecular formula is C17H16ClN5O2. The van der Waals surface area contributed by atoms with Crippen LogP contribution in [0.4, 0.5) is 5.69 Å². The number of halogens is 1. The Labute approximate surface area is 149 Å². The summed E-state index contributed by atoms with van der Waals surface area (Å²) in [5.74, 6) is -0.576. The summed E-state index contributed by atoms with van der Waals surface area (Å²) in [6, 6.07) is 12.0. The van der Waals surface area contributed by atoms with Crippen LogP contribution in [0.25, 0.3) is 11.0 Å². The van der Waals surface area contributed by atoms with E-state index in [1.807, 2.05) is 0 Å². The van der Waals surface area contributed by atoms with Crippen molar-refractivity contribution >= 4 is 40.1 Å². The summed E-state index contributed by atoms with van der Waals surface area (Å²) in [6.07, 6.45) is 0. The van der Waals surface area contributed by atoms with Crippen LogP contribution >= 0.6 is 11.6 Å². The van der Waals surface area contributed by atoms with Crippen LogP contribution in [0.5, 0.6) is 0 Å². The van der Waals surface area contributed by atoms with E-state index in [-0.39, 0.29) is 18.4 Å². The maximum atomic E-state index is 12.5. The molecule has 25 heavy (non-hydrogen) atoms. The molecule has 0 aliphatic heterocycles. The maximum absolute atomic E-state index is 12.5. The van der Waals surface area contributed by atoms with E-state index < -0.39 is 0 Å². The third-order valence-electron chi connectivity index (χ3n) is 3.69. The molecule has 0 atom stereocenters. The molecule has 3 aromatic rings. The van der Waals surface area contributed by atoms with Gasteiger partial charge >= 0.3 is 0 Å². The lowest BCUT2D eigenvalue weighted by Crippen LogP contribution is -2.34. The Hall–Kier alpha value is -2.93. The third-order valence-corrected chi connectivity index (χ3v) is 3.93. The van der Waals surface area contributed by atoms with Crippen molar-refractivity contribution in [2.24, 2.45) is 7.05 Å². The predicted molar refractivity (Wildman–Crippen MR) is 95.6 cm³/mol. The van der Waals surface area contributed by atoms with E-state index in [1.165, 1.54) is 4.90 Å². The van der Waals surface area contributed by atoms with Gasteiger partial charge in [-0.15, -0.1) is 5.10 Å². The monoisotopic (exact) mass is 357 g/mol. The molecule has 128 valence electrons. The SMILES string of the molecule is CN(CC(=O)Nc1cccc(Cl)c1)C(=O)c1ccc2c(c1)nnn2C. The molecule has 3 rings (SSSR count). The molecule has 0 saturated carbocycles. The Morgan fingerprint density at radius 1 is 1.24 bits per heavy atom. The minimum absolute atomic E-state index is 0.0795. The van der Waals surface area contributed by atoms with Crippen LogP contribution < -0.4 is 5.32 Å². The summed E-state index contributed by atoms with van der Waals surface area (Å²) < 4.78 is 1.63. The van der Waals surface area contributed by atoms with Gasteiger partial charge in [-0.05, 0) is 36.4 Å². The zero-order chi connectivity index (χ0) is 18.0. The zero-order valence-electron chi connectivity index (χ0n) is 13.7. The van der Waals surface area contributed by atoms with Crippen LogP contribution in [0.2, 0.25) is 5.02 Å². The van der Waals surface area contributed by atoms with E-state index in [1.54, 1.807) is 61.2 Å². The van der Waals surface area contributed by atoms with Crippen molar-refractivity contribution in [3.63, 3.8) is 0 Å². The van der Waals surface area contributed by atoms with Gasteiger partial charge < -0.3 is 10.2 Å². The minimum atomic E-state index is -0.307. The number of benzene rings is 2. The molecule has 0 bridgehead atoms. The Morgan fingerprint density at radius 3 is 2.80 bits per heavy atom. The average Bonchev–Trinajstić information content (AvgIpc) is 2.94. The highest BCUT2D eigenvalue weighted by molar-refractivity contribution is 6.30. The molecule has 8 heteroatoms. The van der Waals surface area contributed by atoms with Gasteiger partial charge in [0.05, 0.1) is 12.1 Å². The number of aryl methyl sites for hydroxylation is 1. The number of nitrogens with zero attached hydrogens (tertiary/aromatic N) is 4. The van der Waals surface area contributed by atoms with E-state index in [9.17, 15) is 9.59 Å². The van der Waals surface area contributed by atoms with Gasteiger partial charge in [-0.3, -0.25) is 9.59 Å². The third kappa shape index (κ3) is 3.77. The van der Waals surface area contributed by atoms with Crippen molar-refractivity contribution in [2.45, 2.75) is 0 Å². The number of likely N-dealkylation sites (N-methyl/N-ethyl adjacent to an activating group) is 1. The number of nitrogens with one attached hydrogen (secondary N) is 1. The first-order valence-electron chi connectivity index (χ1n) is 7.54. The molecule has 1 aromatic heterocycles. The average molecular weight is 358 g/mol. The topological polar surface area (TPSA) is 80.1 Å². The molecule has 0 spiro atoms. The first-order chi connectivity index (χ1) is 11.9. The van der Waals surface area contributed by atoms with Crippen molar-refractivity contribution in [1.29, 1.82) is 0 Å². The Kier molecular flexibility index (Phi) is 4.67. The Bertz CT molecular complexity index is 953. The quantitative estimate of drug-likeness (QED) is 0.777. The second kappa shape index (κ2) is 6.90. The number of fused-ring (bicyclic) bond motifs is 1. The molecule has 0 aliphatic carbocycles. The molecule has 7 nitrogen and oxygen atoms in total. The molecular weight excluding hydrogens is 342 g/mol. The summed E-state index contributed by atoms with van der Waals surface area (Å²) >= 11 is 5.89. The van der Waals surface area contributed by atoms with Gasteiger partial charge in [0.15, 0.2) is 0 Å². The number of amides is 2. The summed E-state index contributed by atoms with van der Waals surface area (Å²) in [5.41, 5.74) is 2.49. The van der Waals surface area contributed by atoms with Gasteiger partial charge in [0, 0.05) is 30.4 Å². The van der Waals surface area contributed by atoms with E-state index >= 15 is 0 Å². The van der Waals surface area contributed by atoms with Crippen LogP contribution in [0.1, 0.15) is 10.4 Å². The minimum Gasteiger partial charge on any atom is -0.332 e. The number of hydrogen-bond acceptors (Lipinski definition) is 4. The van der Waals surface area contributed by atoms with E-state index in [2.05, 4.69) is 15.6 Å². The van der Waals surface area contributed by atoms with Crippen molar-refractivity contribution in [1.82, 2.24) is 19.9 Å². The van der Waals surface area contributed by atoms with E-state index in [0.29, 0.717) is 21.8 Å².